The number of aliphatic carboxylic acids is 1. The van der Waals surface area contributed by atoms with E-state index in [2.05, 4.69) is 32.7 Å². The highest BCUT2D eigenvalue weighted by Crippen LogP contribution is 2.49. The van der Waals surface area contributed by atoms with Crippen LogP contribution in [0.15, 0.2) is 24.7 Å². The Balaban J connectivity index is 1.32. The highest BCUT2D eigenvalue weighted by atomic mass is 35.5. The number of halogens is 2. The monoisotopic (exact) mass is 576 g/mol. The van der Waals surface area contributed by atoms with Crippen molar-refractivity contribution in [1.82, 2.24) is 25.2 Å². The number of pyridine rings is 1. The molecule has 0 radical (unpaired) electrons. The van der Waals surface area contributed by atoms with Crippen LogP contribution in [0.1, 0.15) is 55.5 Å². The predicted molar refractivity (Wildman–Crippen MR) is 149 cm³/mol. The van der Waals surface area contributed by atoms with Gasteiger partial charge in [0, 0.05) is 38.6 Å². The molecule has 2 aliphatic rings. The largest absolute Gasteiger partial charge is 0.480 e. The number of alkyl halides is 1. The fourth-order valence-corrected chi connectivity index (χ4v) is 5.43. The summed E-state index contributed by atoms with van der Waals surface area (Å²) in [4.78, 5) is 40.0. The fourth-order valence-electron chi connectivity index (χ4n) is 5.14. The first kappa shape index (κ1) is 30.1. The normalized spacial score (nSPS) is 17.0. The second-order valence-electron chi connectivity index (χ2n) is 10.6. The lowest BCUT2D eigenvalue weighted by molar-refractivity contribution is -0.142. The number of carbonyl (C=O) groups excluding carboxylic acids is 1. The first-order valence-electron chi connectivity index (χ1n) is 13.9. The minimum Gasteiger partial charge on any atom is -0.480 e. The molecule has 1 fully saturated rings. The molecule has 0 spiro atoms. The Labute approximate surface area is 239 Å². The lowest BCUT2D eigenvalue weighted by Crippen LogP contribution is -2.48. The average molecular weight is 577 g/mol. The molecule has 12 heteroatoms. The van der Waals surface area contributed by atoms with Crippen LogP contribution in [0.5, 0.6) is 0 Å². The number of rotatable bonds is 16. The lowest BCUT2D eigenvalue weighted by Gasteiger charge is -2.27. The number of carboxylic acids is 1. The minimum atomic E-state index is -1.13. The summed E-state index contributed by atoms with van der Waals surface area (Å²) in [6.07, 6.45) is 8.09. The number of amides is 1. The van der Waals surface area contributed by atoms with Crippen molar-refractivity contribution in [3.63, 3.8) is 0 Å². The Morgan fingerprint density at radius 3 is 2.83 bits per heavy atom. The van der Waals surface area contributed by atoms with Crippen LogP contribution in [0, 0.1) is 0 Å². The second-order valence-corrected chi connectivity index (χ2v) is 11.0. The minimum absolute atomic E-state index is 0.162. The number of hydrogen-bond donors (Lipinski definition) is 3. The third-order valence-electron chi connectivity index (χ3n) is 7.72. The number of unbranched alkanes of at least 4 members (excludes halogenated alkanes) is 1. The number of aryl methyl sites for hydroxylation is 2. The zero-order valence-corrected chi connectivity index (χ0v) is 23.6. The van der Waals surface area contributed by atoms with Gasteiger partial charge in [0.25, 0.3) is 0 Å². The van der Waals surface area contributed by atoms with Gasteiger partial charge in [-0.15, -0.1) is 0 Å². The molecule has 4 rings (SSSR count). The molecule has 3 N–H and O–H groups in total. The van der Waals surface area contributed by atoms with Crippen LogP contribution in [0.4, 0.5) is 10.2 Å². The predicted octanol–water partition coefficient (Wildman–Crippen LogP) is 3.18. The SMILES string of the molecule is COC(CF)CN(CCCCc1ccc2c(n1)NCCC2)CCC(NC(=O)C1(c2ncncc2Cl)CC1)C(=O)O. The number of fused-ring (bicyclic) bond motifs is 1. The standard InChI is InChI=1S/C28H38ClFN6O4/c1-40-21(15-30)17-36(13-3-2-6-20-8-7-19-5-4-12-32-25(19)34-20)14-9-23(26(37)38)35-27(39)28(10-11-28)24-22(29)16-31-18-33-24/h7-8,16,18,21,23H,2-6,9-15,17H2,1H3,(H,32,34)(H,35,39)(H,37,38). The summed E-state index contributed by atoms with van der Waals surface area (Å²) in [6.45, 7) is 1.64. The Bertz CT molecular complexity index is 1160. The Morgan fingerprint density at radius 1 is 1.30 bits per heavy atom. The maximum atomic E-state index is 13.5. The summed E-state index contributed by atoms with van der Waals surface area (Å²) in [5.74, 6) is -0.552. The molecule has 2 unspecified atom stereocenters. The molecule has 0 saturated heterocycles. The number of nitrogens with one attached hydrogen (secondary N) is 2. The van der Waals surface area contributed by atoms with Gasteiger partial charge in [-0.2, -0.15) is 0 Å². The van der Waals surface area contributed by atoms with Crippen molar-refractivity contribution < 1.29 is 23.8 Å². The van der Waals surface area contributed by atoms with Crippen molar-refractivity contribution in [1.29, 1.82) is 0 Å². The average Bonchev–Trinajstić information content (AvgIpc) is 3.77. The van der Waals surface area contributed by atoms with Crippen LogP contribution in [-0.2, 0) is 32.6 Å². The Hall–Kier alpha value is -2.89. The van der Waals surface area contributed by atoms with Crippen molar-refractivity contribution in [3.8, 4) is 0 Å². The van der Waals surface area contributed by atoms with E-state index >= 15 is 0 Å². The van der Waals surface area contributed by atoms with Crippen LogP contribution in [-0.4, -0.2) is 88.9 Å². The van der Waals surface area contributed by atoms with Gasteiger partial charge in [-0.25, -0.2) is 24.1 Å². The van der Waals surface area contributed by atoms with Gasteiger partial charge >= 0.3 is 5.97 Å². The van der Waals surface area contributed by atoms with E-state index in [1.807, 2.05) is 4.90 Å². The second kappa shape index (κ2) is 14.1. The smallest absolute Gasteiger partial charge is 0.326 e. The van der Waals surface area contributed by atoms with E-state index < -0.39 is 36.1 Å². The van der Waals surface area contributed by atoms with Crippen LogP contribution in [0.3, 0.4) is 0 Å². The van der Waals surface area contributed by atoms with Gasteiger partial charge in [0.15, 0.2) is 0 Å². The lowest BCUT2D eigenvalue weighted by atomic mass is 10.00. The Morgan fingerprint density at radius 2 is 2.12 bits per heavy atom. The maximum Gasteiger partial charge on any atom is 0.326 e. The molecule has 0 aromatic carbocycles. The zero-order valence-electron chi connectivity index (χ0n) is 22.9. The summed E-state index contributed by atoms with van der Waals surface area (Å²) in [7, 11) is 1.46. The summed E-state index contributed by atoms with van der Waals surface area (Å²) >= 11 is 6.22. The number of aromatic nitrogens is 3. The quantitative estimate of drug-likeness (QED) is 0.258. The van der Waals surface area contributed by atoms with E-state index in [0.717, 1.165) is 50.2 Å². The van der Waals surface area contributed by atoms with Crippen molar-refractivity contribution >= 4 is 29.3 Å². The first-order valence-corrected chi connectivity index (χ1v) is 14.3. The highest BCUT2D eigenvalue weighted by Gasteiger charge is 2.54. The molecule has 218 valence electrons. The number of methoxy groups -OCH3 is 1. The van der Waals surface area contributed by atoms with Gasteiger partial charge < -0.3 is 25.4 Å². The van der Waals surface area contributed by atoms with Crippen LogP contribution < -0.4 is 10.6 Å². The van der Waals surface area contributed by atoms with Crippen molar-refractivity contribution in [2.24, 2.45) is 0 Å². The molecule has 0 bridgehead atoms. The molecule has 1 aliphatic heterocycles. The van der Waals surface area contributed by atoms with Gasteiger partial charge in [0.05, 0.1) is 22.2 Å². The molecule has 10 nitrogen and oxygen atoms in total. The molecule has 40 heavy (non-hydrogen) atoms. The molecular weight excluding hydrogens is 539 g/mol. The van der Waals surface area contributed by atoms with E-state index in [-0.39, 0.29) is 11.4 Å². The third-order valence-corrected chi connectivity index (χ3v) is 8.00. The third kappa shape index (κ3) is 7.64. The van der Waals surface area contributed by atoms with Gasteiger partial charge in [-0.3, -0.25) is 4.79 Å². The summed E-state index contributed by atoms with van der Waals surface area (Å²) in [6, 6.07) is 3.12. The highest BCUT2D eigenvalue weighted by molar-refractivity contribution is 6.31. The maximum absolute atomic E-state index is 13.5. The number of hydrogen-bond acceptors (Lipinski definition) is 8. The van der Waals surface area contributed by atoms with E-state index in [9.17, 15) is 19.1 Å². The Kier molecular flexibility index (Phi) is 10.6. The molecule has 2 atom stereocenters. The molecule has 3 heterocycles. The van der Waals surface area contributed by atoms with Crippen LogP contribution in [0.2, 0.25) is 5.02 Å². The summed E-state index contributed by atoms with van der Waals surface area (Å²) in [5, 5.41) is 16.2. The van der Waals surface area contributed by atoms with Crippen molar-refractivity contribution in [2.45, 2.75) is 68.9 Å². The van der Waals surface area contributed by atoms with E-state index in [1.54, 1.807) is 0 Å². The summed E-state index contributed by atoms with van der Waals surface area (Å²) < 4.78 is 18.7. The van der Waals surface area contributed by atoms with Gasteiger partial charge in [-0.05, 0) is 69.5 Å². The van der Waals surface area contributed by atoms with Gasteiger partial charge in [0.2, 0.25) is 5.91 Å². The van der Waals surface area contributed by atoms with Crippen molar-refractivity contribution in [2.75, 3.05) is 45.3 Å². The molecule has 1 amide bonds. The number of carboxylic acid groups (broad SMARTS) is 1. The number of ether oxygens (including phenoxy) is 1. The van der Waals surface area contributed by atoms with Crippen LogP contribution >= 0.6 is 11.6 Å². The zero-order chi connectivity index (χ0) is 28.5. The number of anilines is 1. The molecule has 2 aromatic rings. The molecule has 2 aromatic heterocycles. The first-order chi connectivity index (χ1) is 19.4. The van der Waals surface area contributed by atoms with E-state index in [0.29, 0.717) is 38.2 Å². The number of carbonyl (C=O) groups is 2. The van der Waals surface area contributed by atoms with Gasteiger partial charge in [0.1, 0.15) is 24.9 Å². The van der Waals surface area contributed by atoms with E-state index in [1.165, 1.54) is 25.2 Å². The molecule has 1 saturated carbocycles. The summed E-state index contributed by atoms with van der Waals surface area (Å²) in [5.41, 5.74) is 1.78. The number of nitrogens with zero attached hydrogens (tertiary/aromatic N) is 4. The van der Waals surface area contributed by atoms with Crippen LogP contribution in [0.25, 0.3) is 0 Å². The van der Waals surface area contributed by atoms with Gasteiger partial charge in [-0.1, -0.05) is 17.7 Å². The van der Waals surface area contributed by atoms with E-state index in [4.69, 9.17) is 21.3 Å². The van der Waals surface area contributed by atoms with Crippen molar-refractivity contribution in [3.05, 3.63) is 46.6 Å². The fraction of sp³-hybridized carbons (Fsp3) is 0.607. The topological polar surface area (TPSA) is 130 Å². The molecular formula is C28H38ClFN6O4. The molecule has 1 aliphatic carbocycles.